The van der Waals surface area contributed by atoms with Crippen LogP contribution in [0, 0.1) is 12.8 Å². The third kappa shape index (κ3) is 2.43. The summed E-state index contributed by atoms with van der Waals surface area (Å²) in [5.74, 6) is 0.842. The van der Waals surface area contributed by atoms with Crippen molar-refractivity contribution in [3.05, 3.63) is 22.2 Å². The smallest absolute Gasteiger partial charge is 0.227 e. The van der Waals surface area contributed by atoms with Gasteiger partial charge < -0.3 is 10.6 Å². The number of carbonyl (C=O) groups excluding carboxylic acids is 1. The van der Waals surface area contributed by atoms with Crippen LogP contribution in [0.25, 0.3) is 0 Å². The van der Waals surface area contributed by atoms with Crippen molar-refractivity contribution in [2.75, 3.05) is 23.1 Å². The lowest BCUT2D eigenvalue weighted by atomic mass is 10.1. The molecular weight excluding hydrogens is 304 g/mol. The van der Waals surface area contributed by atoms with Crippen LogP contribution in [0.1, 0.15) is 12.0 Å². The summed E-state index contributed by atoms with van der Waals surface area (Å²) in [6, 6.07) is 3.78. The van der Waals surface area contributed by atoms with Gasteiger partial charge in [0.05, 0.1) is 11.4 Å². The molecule has 2 N–H and O–H groups in total. The number of nitrogen functional groups attached to an aromatic ring is 1. The number of halogens is 2. The summed E-state index contributed by atoms with van der Waals surface area (Å²) in [6.45, 7) is 2.64. The molecular formula is C12H14BrClN2O. The lowest BCUT2D eigenvalue weighted by Crippen LogP contribution is -2.25. The van der Waals surface area contributed by atoms with Crippen molar-refractivity contribution in [1.82, 2.24) is 0 Å². The molecule has 5 heteroatoms. The summed E-state index contributed by atoms with van der Waals surface area (Å²) in [4.78, 5) is 13.6. The minimum atomic E-state index is 0.101. The van der Waals surface area contributed by atoms with Crippen LogP contribution in [0.3, 0.4) is 0 Å². The van der Waals surface area contributed by atoms with E-state index in [0.717, 1.165) is 15.7 Å². The number of anilines is 2. The third-order valence-corrected chi connectivity index (χ3v) is 4.31. The van der Waals surface area contributed by atoms with Gasteiger partial charge >= 0.3 is 0 Å². The van der Waals surface area contributed by atoms with Gasteiger partial charge in [0, 0.05) is 23.3 Å². The van der Waals surface area contributed by atoms with Gasteiger partial charge in [-0.25, -0.2) is 0 Å². The molecule has 1 aromatic carbocycles. The van der Waals surface area contributed by atoms with E-state index in [1.165, 1.54) is 0 Å². The van der Waals surface area contributed by atoms with Gasteiger partial charge in [0.15, 0.2) is 0 Å². The predicted octanol–water partition coefficient (Wildman–Crippen LogP) is 2.93. The highest BCUT2D eigenvalue weighted by molar-refractivity contribution is 9.10. The van der Waals surface area contributed by atoms with E-state index >= 15 is 0 Å². The second-order valence-corrected chi connectivity index (χ2v) is 5.55. The van der Waals surface area contributed by atoms with E-state index in [0.29, 0.717) is 24.5 Å². The molecule has 1 aliphatic heterocycles. The SMILES string of the molecule is Cc1cc(N2CC(CCl)CC2=O)c(N)cc1Br. The van der Waals surface area contributed by atoms with E-state index in [-0.39, 0.29) is 11.8 Å². The van der Waals surface area contributed by atoms with Crippen molar-refractivity contribution in [2.24, 2.45) is 5.92 Å². The van der Waals surface area contributed by atoms with Crippen LogP contribution in [0.2, 0.25) is 0 Å². The molecule has 0 saturated carbocycles. The number of carbonyl (C=O) groups is 1. The number of hydrogen-bond donors (Lipinski definition) is 1. The first-order chi connectivity index (χ1) is 8.02. The molecule has 2 rings (SSSR count). The molecule has 1 amide bonds. The van der Waals surface area contributed by atoms with Crippen LogP contribution in [-0.4, -0.2) is 18.3 Å². The summed E-state index contributed by atoms with van der Waals surface area (Å²) in [5, 5.41) is 0. The highest BCUT2D eigenvalue weighted by Crippen LogP contribution is 2.33. The van der Waals surface area contributed by atoms with Gasteiger partial charge in [-0.05, 0) is 30.5 Å². The zero-order valence-electron chi connectivity index (χ0n) is 9.54. The van der Waals surface area contributed by atoms with Gasteiger partial charge in [0.2, 0.25) is 5.91 Å². The highest BCUT2D eigenvalue weighted by atomic mass is 79.9. The van der Waals surface area contributed by atoms with Gasteiger partial charge in [-0.3, -0.25) is 4.79 Å². The van der Waals surface area contributed by atoms with Crippen molar-refractivity contribution in [3.8, 4) is 0 Å². The van der Waals surface area contributed by atoms with Crippen molar-refractivity contribution >= 4 is 44.8 Å². The minimum Gasteiger partial charge on any atom is -0.397 e. The molecule has 0 aliphatic carbocycles. The molecule has 1 unspecified atom stereocenters. The van der Waals surface area contributed by atoms with Gasteiger partial charge in [-0.1, -0.05) is 15.9 Å². The number of nitrogens with zero attached hydrogens (tertiary/aromatic N) is 1. The van der Waals surface area contributed by atoms with Crippen molar-refractivity contribution in [3.63, 3.8) is 0 Å². The number of nitrogens with two attached hydrogens (primary N) is 1. The summed E-state index contributed by atoms with van der Waals surface area (Å²) in [6.07, 6.45) is 0.512. The molecule has 1 aromatic rings. The average Bonchev–Trinajstić information content (AvgIpc) is 2.65. The predicted molar refractivity (Wildman–Crippen MR) is 74.5 cm³/mol. The fourth-order valence-electron chi connectivity index (χ4n) is 2.03. The Balaban J connectivity index is 2.35. The standard InChI is InChI=1S/C12H14BrClN2O/c1-7-2-11(10(15)4-9(7)13)16-6-8(5-14)3-12(16)17/h2,4,8H,3,5-6,15H2,1H3. The lowest BCUT2D eigenvalue weighted by Gasteiger charge is -2.19. The Kier molecular flexibility index (Phi) is 3.64. The molecule has 1 atom stereocenters. The summed E-state index contributed by atoms with van der Waals surface area (Å²) >= 11 is 9.23. The van der Waals surface area contributed by atoms with Crippen LogP contribution < -0.4 is 10.6 Å². The van der Waals surface area contributed by atoms with Gasteiger partial charge in [0.25, 0.3) is 0 Å². The number of alkyl halides is 1. The van der Waals surface area contributed by atoms with Crippen molar-refractivity contribution in [2.45, 2.75) is 13.3 Å². The van der Waals surface area contributed by atoms with Gasteiger partial charge in [-0.2, -0.15) is 0 Å². The number of aryl methyl sites for hydroxylation is 1. The van der Waals surface area contributed by atoms with Crippen LogP contribution in [0.4, 0.5) is 11.4 Å². The fourth-order valence-corrected chi connectivity index (χ4v) is 2.60. The largest absolute Gasteiger partial charge is 0.397 e. The quantitative estimate of drug-likeness (QED) is 0.673. The Morgan fingerprint density at radius 1 is 1.59 bits per heavy atom. The van der Waals surface area contributed by atoms with E-state index in [9.17, 15) is 4.79 Å². The van der Waals surface area contributed by atoms with Crippen LogP contribution in [0.5, 0.6) is 0 Å². The molecule has 0 radical (unpaired) electrons. The fraction of sp³-hybridized carbons (Fsp3) is 0.417. The summed E-state index contributed by atoms with van der Waals surface area (Å²) in [7, 11) is 0. The first kappa shape index (κ1) is 12.7. The summed E-state index contributed by atoms with van der Waals surface area (Å²) in [5.41, 5.74) is 8.44. The average molecular weight is 318 g/mol. The van der Waals surface area contributed by atoms with Gasteiger partial charge in [-0.15, -0.1) is 11.6 Å². The Morgan fingerprint density at radius 2 is 2.29 bits per heavy atom. The monoisotopic (exact) mass is 316 g/mol. The molecule has 0 spiro atoms. The Hall–Kier alpha value is -0.740. The molecule has 1 aliphatic rings. The maximum Gasteiger partial charge on any atom is 0.227 e. The van der Waals surface area contributed by atoms with Crippen molar-refractivity contribution < 1.29 is 4.79 Å². The molecule has 1 fully saturated rings. The first-order valence-corrected chi connectivity index (χ1v) is 6.77. The number of rotatable bonds is 2. The van der Waals surface area contributed by atoms with Crippen LogP contribution in [-0.2, 0) is 4.79 Å². The molecule has 0 aromatic heterocycles. The number of hydrogen-bond acceptors (Lipinski definition) is 2. The molecule has 1 heterocycles. The van der Waals surface area contributed by atoms with E-state index in [1.54, 1.807) is 4.90 Å². The molecule has 17 heavy (non-hydrogen) atoms. The zero-order valence-corrected chi connectivity index (χ0v) is 11.9. The molecule has 3 nitrogen and oxygen atoms in total. The Morgan fingerprint density at radius 3 is 2.88 bits per heavy atom. The number of amides is 1. The van der Waals surface area contributed by atoms with E-state index in [4.69, 9.17) is 17.3 Å². The van der Waals surface area contributed by atoms with Crippen LogP contribution >= 0.6 is 27.5 Å². The van der Waals surface area contributed by atoms with Crippen LogP contribution in [0.15, 0.2) is 16.6 Å². The topological polar surface area (TPSA) is 46.3 Å². The second-order valence-electron chi connectivity index (χ2n) is 4.39. The van der Waals surface area contributed by atoms with E-state index in [2.05, 4.69) is 15.9 Å². The highest BCUT2D eigenvalue weighted by Gasteiger charge is 2.31. The normalized spacial score (nSPS) is 20.1. The Labute approximate surface area is 114 Å². The first-order valence-electron chi connectivity index (χ1n) is 5.45. The number of benzene rings is 1. The van der Waals surface area contributed by atoms with E-state index in [1.807, 2.05) is 19.1 Å². The van der Waals surface area contributed by atoms with Crippen molar-refractivity contribution in [1.29, 1.82) is 0 Å². The summed E-state index contributed by atoms with van der Waals surface area (Å²) < 4.78 is 0.958. The second kappa shape index (κ2) is 4.86. The van der Waals surface area contributed by atoms with E-state index < -0.39 is 0 Å². The minimum absolute atomic E-state index is 0.101. The lowest BCUT2D eigenvalue weighted by molar-refractivity contribution is -0.117. The molecule has 0 bridgehead atoms. The zero-order chi connectivity index (χ0) is 12.6. The maximum absolute atomic E-state index is 11.9. The molecule has 92 valence electrons. The van der Waals surface area contributed by atoms with Gasteiger partial charge in [0.1, 0.15) is 0 Å². The third-order valence-electron chi connectivity index (χ3n) is 3.02. The Bertz CT molecular complexity index is 464. The maximum atomic E-state index is 11.9. The molecule has 1 saturated heterocycles.